The maximum absolute atomic E-state index is 5.21. The van der Waals surface area contributed by atoms with Gasteiger partial charge in [0.15, 0.2) is 5.82 Å². The molecular formula is C50H32N4. The Morgan fingerprint density at radius 3 is 1.41 bits per heavy atom. The highest BCUT2D eigenvalue weighted by Gasteiger charge is 2.19. The van der Waals surface area contributed by atoms with Gasteiger partial charge in [0.05, 0.1) is 33.3 Å². The predicted molar refractivity (Wildman–Crippen MR) is 225 cm³/mol. The van der Waals surface area contributed by atoms with E-state index in [1.165, 1.54) is 49.2 Å². The van der Waals surface area contributed by atoms with Crippen molar-refractivity contribution in [3.8, 4) is 45.1 Å². The second kappa shape index (κ2) is 12.1. The second-order valence-electron chi connectivity index (χ2n) is 13.8. The number of hydrogen-bond donors (Lipinski definition) is 0. The lowest BCUT2D eigenvalue weighted by Crippen LogP contribution is -1.97. The van der Waals surface area contributed by atoms with Crippen LogP contribution in [0.5, 0.6) is 0 Å². The molecule has 54 heavy (non-hydrogen) atoms. The van der Waals surface area contributed by atoms with Crippen molar-refractivity contribution in [1.82, 2.24) is 19.1 Å². The molecule has 0 fully saturated rings. The average molecular weight is 689 g/mol. The molecule has 0 spiro atoms. The van der Waals surface area contributed by atoms with Gasteiger partial charge in [0.2, 0.25) is 0 Å². The van der Waals surface area contributed by atoms with Gasteiger partial charge in [0.1, 0.15) is 0 Å². The van der Waals surface area contributed by atoms with Gasteiger partial charge in [0, 0.05) is 49.4 Å². The fraction of sp³-hybridized carbons (Fsp3) is 0. The topological polar surface area (TPSA) is 35.6 Å². The summed E-state index contributed by atoms with van der Waals surface area (Å²) in [7, 11) is 0. The van der Waals surface area contributed by atoms with Crippen LogP contribution in [0.1, 0.15) is 0 Å². The largest absolute Gasteiger partial charge is 0.309 e. The lowest BCUT2D eigenvalue weighted by atomic mass is 10.0. The molecular weight excluding hydrogens is 657 g/mol. The summed E-state index contributed by atoms with van der Waals surface area (Å²) in [5, 5.41) is 5.95. The zero-order valence-corrected chi connectivity index (χ0v) is 29.3. The molecule has 4 heteroatoms. The highest BCUT2D eigenvalue weighted by molar-refractivity contribution is 6.19. The normalized spacial score (nSPS) is 11.7. The van der Waals surface area contributed by atoms with Crippen molar-refractivity contribution in [2.24, 2.45) is 0 Å². The van der Waals surface area contributed by atoms with Crippen molar-refractivity contribution >= 4 is 54.5 Å². The van der Waals surface area contributed by atoms with E-state index >= 15 is 0 Å². The van der Waals surface area contributed by atoms with Gasteiger partial charge in [-0.25, -0.2) is 9.97 Å². The molecule has 0 bridgehead atoms. The molecule has 4 nitrogen and oxygen atoms in total. The van der Waals surface area contributed by atoms with Crippen molar-refractivity contribution < 1.29 is 0 Å². The first kappa shape index (κ1) is 30.3. The zero-order valence-electron chi connectivity index (χ0n) is 29.3. The van der Waals surface area contributed by atoms with Crippen molar-refractivity contribution in [2.45, 2.75) is 0 Å². The summed E-state index contributed by atoms with van der Waals surface area (Å²) in [6.45, 7) is 0. The third-order valence-corrected chi connectivity index (χ3v) is 10.7. The predicted octanol–water partition coefficient (Wildman–Crippen LogP) is 12.8. The van der Waals surface area contributed by atoms with Gasteiger partial charge in [-0.3, -0.25) is 0 Å². The Morgan fingerprint density at radius 2 is 0.796 bits per heavy atom. The summed E-state index contributed by atoms with van der Waals surface area (Å²) < 4.78 is 4.78. The Morgan fingerprint density at radius 1 is 0.296 bits per heavy atom. The fourth-order valence-corrected chi connectivity index (χ4v) is 8.21. The first-order valence-electron chi connectivity index (χ1n) is 18.3. The Hall–Kier alpha value is -7.30. The molecule has 0 aliphatic carbocycles. The van der Waals surface area contributed by atoms with Gasteiger partial charge in [-0.15, -0.1) is 0 Å². The number of aromatic nitrogens is 4. The summed E-state index contributed by atoms with van der Waals surface area (Å²) in [5.41, 5.74) is 13.2. The quantitative estimate of drug-likeness (QED) is 0.180. The van der Waals surface area contributed by atoms with Crippen molar-refractivity contribution in [1.29, 1.82) is 0 Å². The van der Waals surface area contributed by atoms with Crippen LogP contribution in [0.3, 0.4) is 0 Å². The standard InChI is InChI=1S/C50H32N4/c1-4-14-33(15-5-1)36-26-29-41-44(30-36)51-50(52-49(41)34-16-6-2-7-17-34)35-24-27-38(28-25-35)54-46-23-13-11-21-40(46)43-31-47-42(32-48(43)54)39-20-10-12-22-45(39)53(47)37-18-8-3-9-19-37/h1-32H. The maximum Gasteiger partial charge on any atom is 0.160 e. The molecule has 0 radical (unpaired) electrons. The van der Waals surface area contributed by atoms with Crippen LogP contribution in [0, 0.1) is 0 Å². The van der Waals surface area contributed by atoms with Gasteiger partial charge in [-0.2, -0.15) is 0 Å². The van der Waals surface area contributed by atoms with Crippen LogP contribution in [0.4, 0.5) is 0 Å². The lowest BCUT2D eigenvalue weighted by molar-refractivity contribution is 1.17. The van der Waals surface area contributed by atoms with Crippen LogP contribution in [-0.4, -0.2) is 19.1 Å². The van der Waals surface area contributed by atoms with Gasteiger partial charge >= 0.3 is 0 Å². The monoisotopic (exact) mass is 688 g/mol. The van der Waals surface area contributed by atoms with Gasteiger partial charge < -0.3 is 9.13 Å². The second-order valence-corrected chi connectivity index (χ2v) is 13.8. The van der Waals surface area contributed by atoms with Crippen molar-refractivity contribution in [2.75, 3.05) is 0 Å². The molecule has 0 aliphatic rings. The van der Waals surface area contributed by atoms with E-state index in [4.69, 9.17) is 9.97 Å². The molecule has 0 saturated heterocycles. The zero-order chi connectivity index (χ0) is 35.6. The summed E-state index contributed by atoms with van der Waals surface area (Å²) in [6, 6.07) is 69.0. The average Bonchev–Trinajstić information content (AvgIpc) is 3.75. The van der Waals surface area contributed by atoms with E-state index in [0.29, 0.717) is 5.82 Å². The number of rotatable bonds is 5. The fourth-order valence-electron chi connectivity index (χ4n) is 8.21. The first-order valence-corrected chi connectivity index (χ1v) is 18.3. The smallest absolute Gasteiger partial charge is 0.160 e. The molecule has 0 amide bonds. The molecule has 8 aromatic carbocycles. The van der Waals surface area contributed by atoms with E-state index in [2.05, 4.69) is 191 Å². The first-order chi connectivity index (χ1) is 26.8. The van der Waals surface area contributed by atoms with Crippen LogP contribution in [0.25, 0.3) is 99.7 Å². The minimum atomic E-state index is 0.704. The van der Waals surface area contributed by atoms with Crippen LogP contribution in [0.15, 0.2) is 194 Å². The third-order valence-electron chi connectivity index (χ3n) is 10.7. The van der Waals surface area contributed by atoms with E-state index in [1.54, 1.807) is 0 Å². The number of nitrogens with zero attached hydrogens (tertiary/aromatic N) is 4. The summed E-state index contributed by atoms with van der Waals surface area (Å²) in [4.78, 5) is 10.4. The highest BCUT2D eigenvalue weighted by atomic mass is 15.0. The van der Waals surface area contributed by atoms with E-state index in [1.807, 2.05) is 12.1 Å². The Kier molecular flexibility index (Phi) is 6.82. The van der Waals surface area contributed by atoms with E-state index < -0.39 is 0 Å². The summed E-state index contributed by atoms with van der Waals surface area (Å²) in [5.74, 6) is 0.704. The van der Waals surface area contributed by atoms with E-state index in [-0.39, 0.29) is 0 Å². The summed E-state index contributed by atoms with van der Waals surface area (Å²) in [6.07, 6.45) is 0. The molecule has 0 N–H and O–H groups in total. The minimum Gasteiger partial charge on any atom is -0.309 e. The Balaban J connectivity index is 1.09. The lowest BCUT2D eigenvalue weighted by Gasteiger charge is -2.12. The van der Waals surface area contributed by atoms with Crippen LogP contribution in [0.2, 0.25) is 0 Å². The molecule has 0 saturated carbocycles. The maximum atomic E-state index is 5.21. The number of para-hydroxylation sites is 3. The van der Waals surface area contributed by atoms with Crippen LogP contribution < -0.4 is 0 Å². The minimum absolute atomic E-state index is 0.704. The molecule has 0 unspecified atom stereocenters. The van der Waals surface area contributed by atoms with E-state index in [0.717, 1.165) is 44.7 Å². The molecule has 252 valence electrons. The number of hydrogen-bond acceptors (Lipinski definition) is 2. The number of fused-ring (bicyclic) bond motifs is 7. The summed E-state index contributed by atoms with van der Waals surface area (Å²) >= 11 is 0. The SMILES string of the molecule is c1ccc(-c2ccc3c(-c4ccccc4)nc(-c4ccc(-n5c6ccccc6c6cc7c(cc65)c5ccccc5n7-c5ccccc5)cc4)nc3c2)cc1. The Bertz CT molecular complexity index is 3180. The molecule has 3 heterocycles. The molecule has 11 aromatic rings. The van der Waals surface area contributed by atoms with Crippen LogP contribution >= 0.6 is 0 Å². The van der Waals surface area contributed by atoms with Crippen molar-refractivity contribution in [3.05, 3.63) is 194 Å². The molecule has 0 atom stereocenters. The Labute approximate surface area is 311 Å². The number of benzene rings is 8. The molecule has 11 rings (SSSR count). The molecule has 0 aliphatic heterocycles. The van der Waals surface area contributed by atoms with Gasteiger partial charge in [-0.05, 0) is 83.9 Å². The van der Waals surface area contributed by atoms with Gasteiger partial charge in [-0.1, -0.05) is 121 Å². The highest BCUT2D eigenvalue weighted by Crippen LogP contribution is 2.40. The van der Waals surface area contributed by atoms with Gasteiger partial charge in [0.25, 0.3) is 0 Å². The van der Waals surface area contributed by atoms with Crippen molar-refractivity contribution in [3.63, 3.8) is 0 Å². The van der Waals surface area contributed by atoms with Crippen LogP contribution in [-0.2, 0) is 0 Å². The molecule has 3 aromatic heterocycles. The third kappa shape index (κ3) is 4.78. The van der Waals surface area contributed by atoms with E-state index in [9.17, 15) is 0 Å².